The van der Waals surface area contributed by atoms with E-state index in [-0.39, 0.29) is 18.2 Å². The molecule has 2 heterocycles. The first-order chi connectivity index (χ1) is 16.9. The normalized spacial score (nSPS) is 15.7. The Morgan fingerprint density at radius 3 is 2.63 bits per heavy atom. The molecule has 0 fully saturated rings. The van der Waals surface area contributed by atoms with E-state index in [0.29, 0.717) is 12.2 Å². The number of aromatic amines is 1. The summed E-state index contributed by atoms with van der Waals surface area (Å²) in [5.74, 6) is 0.350. The largest absolute Gasteiger partial charge is 0.497 e. The molecule has 2 aromatic carbocycles. The van der Waals surface area contributed by atoms with Crippen LogP contribution in [0.2, 0.25) is 0 Å². The second-order valence-electron chi connectivity index (χ2n) is 8.73. The predicted molar refractivity (Wildman–Crippen MR) is 141 cm³/mol. The molecule has 0 radical (unpaired) electrons. The van der Waals surface area contributed by atoms with Crippen molar-refractivity contribution in [3.8, 4) is 5.75 Å². The minimum absolute atomic E-state index is 0.179. The molecule has 35 heavy (non-hydrogen) atoms. The number of allylic oxidation sites excluding steroid dienone is 1. The summed E-state index contributed by atoms with van der Waals surface area (Å²) in [6, 6.07) is 14.6. The summed E-state index contributed by atoms with van der Waals surface area (Å²) in [5.41, 5.74) is 6.58. The number of anilines is 1. The number of nitrogens with zero attached hydrogens (tertiary/aromatic N) is 1. The Morgan fingerprint density at radius 1 is 1.14 bits per heavy atom. The van der Waals surface area contributed by atoms with Crippen LogP contribution in [-0.2, 0) is 22.4 Å². The molecule has 2 bridgehead atoms. The van der Waals surface area contributed by atoms with Crippen LogP contribution in [0, 0.1) is 6.92 Å². The summed E-state index contributed by atoms with van der Waals surface area (Å²) in [7, 11) is 3.33. The standard InChI is InChI=1S/C29H31N3O3/c1-5-7-25-19(2)24-18-28(33)31-27(29(34)32(3)22-11-13-23(35-4)14-12-22)17-21-9-6-8-20(16-21)10-15-26(24)30-25/h5-16,27,30H,17-18H2,1-4H3,(H,31,33)/b7-5-,15-10?/t27-/m0/s1. The van der Waals surface area contributed by atoms with Gasteiger partial charge < -0.3 is 19.9 Å². The molecular weight excluding hydrogens is 438 g/mol. The number of carbonyl (C=O) groups is 2. The van der Waals surface area contributed by atoms with Crippen LogP contribution in [0.1, 0.15) is 40.6 Å². The fraction of sp³-hybridized carbons (Fsp3) is 0.241. The molecule has 180 valence electrons. The van der Waals surface area contributed by atoms with E-state index in [1.165, 1.54) is 0 Å². The fourth-order valence-electron chi connectivity index (χ4n) is 4.39. The zero-order valence-corrected chi connectivity index (χ0v) is 20.6. The lowest BCUT2D eigenvalue weighted by Gasteiger charge is -2.25. The zero-order valence-electron chi connectivity index (χ0n) is 20.6. The van der Waals surface area contributed by atoms with Crippen molar-refractivity contribution >= 4 is 35.7 Å². The molecule has 0 saturated carbocycles. The first kappa shape index (κ1) is 24.1. The van der Waals surface area contributed by atoms with Gasteiger partial charge in [-0.2, -0.15) is 0 Å². The highest BCUT2D eigenvalue weighted by atomic mass is 16.5. The topological polar surface area (TPSA) is 74.4 Å². The predicted octanol–water partition coefficient (Wildman–Crippen LogP) is 4.78. The molecule has 3 aromatic rings. The number of likely N-dealkylation sites (N-methyl/N-ethyl adjacent to an activating group) is 1. The molecule has 0 aliphatic carbocycles. The zero-order chi connectivity index (χ0) is 24.9. The van der Waals surface area contributed by atoms with E-state index >= 15 is 0 Å². The molecule has 0 saturated heterocycles. The second kappa shape index (κ2) is 10.5. The Labute approximate surface area is 206 Å². The first-order valence-corrected chi connectivity index (χ1v) is 11.7. The Kier molecular flexibility index (Phi) is 7.20. The van der Waals surface area contributed by atoms with Gasteiger partial charge >= 0.3 is 0 Å². The number of aromatic nitrogens is 1. The van der Waals surface area contributed by atoms with E-state index in [1.54, 1.807) is 19.1 Å². The molecule has 6 nitrogen and oxygen atoms in total. The minimum Gasteiger partial charge on any atom is -0.497 e. The van der Waals surface area contributed by atoms with E-state index in [9.17, 15) is 9.59 Å². The summed E-state index contributed by atoms with van der Waals surface area (Å²) < 4.78 is 5.23. The second-order valence-corrected chi connectivity index (χ2v) is 8.73. The molecule has 2 amide bonds. The van der Waals surface area contributed by atoms with Gasteiger partial charge in [-0.25, -0.2) is 0 Å². The Balaban J connectivity index is 1.70. The van der Waals surface area contributed by atoms with Gasteiger partial charge in [0.15, 0.2) is 0 Å². The van der Waals surface area contributed by atoms with Crippen LogP contribution >= 0.6 is 0 Å². The monoisotopic (exact) mass is 469 g/mol. The van der Waals surface area contributed by atoms with Crippen LogP contribution in [0.15, 0.2) is 54.6 Å². The van der Waals surface area contributed by atoms with Crippen LogP contribution in [0.3, 0.4) is 0 Å². The van der Waals surface area contributed by atoms with Gasteiger partial charge in [-0.15, -0.1) is 0 Å². The highest BCUT2D eigenvalue weighted by Gasteiger charge is 2.26. The average molecular weight is 470 g/mol. The highest BCUT2D eigenvalue weighted by Crippen LogP contribution is 2.24. The molecule has 2 N–H and O–H groups in total. The number of methoxy groups -OCH3 is 1. The van der Waals surface area contributed by atoms with Gasteiger partial charge in [0.05, 0.1) is 13.5 Å². The van der Waals surface area contributed by atoms with Crippen molar-refractivity contribution in [3.05, 3.63) is 88.2 Å². The Morgan fingerprint density at radius 2 is 1.91 bits per heavy atom. The van der Waals surface area contributed by atoms with Gasteiger partial charge in [-0.3, -0.25) is 9.59 Å². The van der Waals surface area contributed by atoms with Gasteiger partial charge in [0.2, 0.25) is 11.8 Å². The average Bonchev–Trinajstić information content (AvgIpc) is 3.15. The number of fused-ring (bicyclic) bond motifs is 3. The maximum Gasteiger partial charge on any atom is 0.249 e. The van der Waals surface area contributed by atoms with Crippen LogP contribution in [0.5, 0.6) is 5.75 Å². The molecular formula is C29H31N3O3. The van der Waals surface area contributed by atoms with Crippen molar-refractivity contribution in [1.82, 2.24) is 10.3 Å². The number of nitrogens with one attached hydrogen (secondary N) is 2. The number of benzene rings is 2. The summed E-state index contributed by atoms with van der Waals surface area (Å²) >= 11 is 0. The lowest BCUT2D eigenvalue weighted by molar-refractivity contribution is -0.127. The van der Waals surface area contributed by atoms with Gasteiger partial charge in [0, 0.05) is 30.5 Å². The molecule has 1 aliphatic heterocycles. The van der Waals surface area contributed by atoms with Crippen molar-refractivity contribution in [2.45, 2.75) is 32.7 Å². The van der Waals surface area contributed by atoms with Gasteiger partial charge in [0.1, 0.15) is 11.8 Å². The van der Waals surface area contributed by atoms with E-state index in [1.807, 2.05) is 80.6 Å². The maximum absolute atomic E-state index is 13.6. The van der Waals surface area contributed by atoms with Gasteiger partial charge in [-0.05, 0) is 72.5 Å². The van der Waals surface area contributed by atoms with Crippen molar-refractivity contribution in [3.63, 3.8) is 0 Å². The van der Waals surface area contributed by atoms with E-state index in [0.717, 1.165) is 39.3 Å². The molecule has 4 rings (SSSR count). The quantitative estimate of drug-likeness (QED) is 0.577. The minimum atomic E-state index is -0.703. The number of hydrogen-bond acceptors (Lipinski definition) is 3. The number of amides is 2. The van der Waals surface area contributed by atoms with Crippen molar-refractivity contribution < 1.29 is 14.3 Å². The SMILES string of the molecule is C/C=C\c1[nH]c2c(c1C)CC(=O)N[C@H](C(=O)N(C)c1ccc(OC)cc1)Cc1cccc(c1)C=C2. The summed E-state index contributed by atoms with van der Waals surface area (Å²) in [6.45, 7) is 3.98. The molecule has 6 heteroatoms. The van der Waals surface area contributed by atoms with E-state index in [2.05, 4.69) is 16.4 Å². The highest BCUT2D eigenvalue weighted by molar-refractivity contribution is 5.99. The number of hydrogen-bond donors (Lipinski definition) is 2. The number of carbonyl (C=O) groups excluding carboxylic acids is 2. The van der Waals surface area contributed by atoms with Crippen molar-refractivity contribution in [2.24, 2.45) is 0 Å². The van der Waals surface area contributed by atoms with Gasteiger partial charge in [-0.1, -0.05) is 36.4 Å². The first-order valence-electron chi connectivity index (χ1n) is 11.7. The van der Waals surface area contributed by atoms with Gasteiger partial charge in [0.25, 0.3) is 0 Å². The summed E-state index contributed by atoms with van der Waals surface area (Å²) in [5, 5.41) is 3.02. The third-order valence-electron chi connectivity index (χ3n) is 6.38. The van der Waals surface area contributed by atoms with Crippen LogP contribution < -0.4 is 15.0 Å². The van der Waals surface area contributed by atoms with Crippen molar-refractivity contribution in [1.29, 1.82) is 0 Å². The molecule has 1 atom stereocenters. The van der Waals surface area contributed by atoms with Crippen molar-refractivity contribution in [2.75, 3.05) is 19.1 Å². The van der Waals surface area contributed by atoms with Crippen LogP contribution in [0.25, 0.3) is 18.2 Å². The molecule has 1 aliphatic rings. The molecule has 1 aromatic heterocycles. The lowest BCUT2D eigenvalue weighted by atomic mass is 9.99. The smallest absolute Gasteiger partial charge is 0.249 e. The molecule has 0 spiro atoms. The summed E-state index contributed by atoms with van der Waals surface area (Å²) in [4.78, 5) is 31.8. The number of H-pyrrole nitrogens is 1. The fourth-order valence-corrected chi connectivity index (χ4v) is 4.39. The van der Waals surface area contributed by atoms with Crippen LogP contribution in [0.4, 0.5) is 5.69 Å². The Bertz CT molecular complexity index is 1290. The third-order valence-corrected chi connectivity index (χ3v) is 6.38. The van der Waals surface area contributed by atoms with E-state index in [4.69, 9.17) is 4.74 Å². The summed E-state index contributed by atoms with van der Waals surface area (Å²) in [6.07, 6.45) is 8.61. The Hall–Kier alpha value is -4.06. The number of ether oxygens (including phenoxy) is 1. The van der Waals surface area contributed by atoms with Crippen LogP contribution in [-0.4, -0.2) is 37.0 Å². The molecule has 0 unspecified atom stereocenters. The third kappa shape index (κ3) is 5.38. The maximum atomic E-state index is 13.6. The van der Waals surface area contributed by atoms with E-state index < -0.39 is 6.04 Å². The lowest BCUT2D eigenvalue weighted by Crippen LogP contribution is -2.49. The number of rotatable bonds is 4.